The van der Waals surface area contributed by atoms with Gasteiger partial charge < -0.3 is 19.1 Å². The highest BCUT2D eigenvalue weighted by Crippen LogP contribution is 2.34. The number of likely N-dealkylation sites (N-methyl/N-ethyl adjacent to an activating group) is 1. The Hall–Kier alpha value is -2.64. The summed E-state index contributed by atoms with van der Waals surface area (Å²) in [7, 11) is 1.64. The van der Waals surface area contributed by atoms with Gasteiger partial charge in [-0.2, -0.15) is 0 Å². The Kier molecular flexibility index (Phi) is 8.64. The normalized spacial score (nSPS) is 13.0. The van der Waals surface area contributed by atoms with Gasteiger partial charge in [0.2, 0.25) is 0 Å². The molecular weight excluding hydrogens is 408 g/mol. The van der Waals surface area contributed by atoms with Gasteiger partial charge in [0.15, 0.2) is 0 Å². The monoisotopic (exact) mass is 445 g/mol. The predicted octanol–water partition coefficient (Wildman–Crippen LogP) is 4.70. The molecule has 0 saturated heterocycles. The second-order valence-electron chi connectivity index (χ2n) is 9.32. The standard InChI is InChI=1S/C25H37N2O5/c1-7-27(8-2,16-19-9-11-20(12-10-19)26(29)30)17-21(28)18-32-24-14-13-22(31-6)15-23(24)25(3,4)5/h9-15,21,28H,7-8,16-18H2,1-6H3/q+1/t21-/m1/s1. The summed E-state index contributed by atoms with van der Waals surface area (Å²) in [5.74, 6) is 1.53. The fourth-order valence-electron chi connectivity index (χ4n) is 3.91. The van der Waals surface area contributed by atoms with Crippen LogP contribution in [0.15, 0.2) is 42.5 Å². The van der Waals surface area contributed by atoms with Gasteiger partial charge in [-0.1, -0.05) is 20.8 Å². The molecular formula is C25H37N2O5+. The number of ether oxygens (including phenoxy) is 2. The van der Waals surface area contributed by atoms with E-state index in [4.69, 9.17) is 9.47 Å². The lowest BCUT2D eigenvalue weighted by atomic mass is 9.86. The molecule has 0 bridgehead atoms. The number of methoxy groups -OCH3 is 1. The molecule has 0 spiro atoms. The third-order valence-electron chi connectivity index (χ3n) is 6.03. The van der Waals surface area contributed by atoms with E-state index in [1.54, 1.807) is 19.2 Å². The number of rotatable bonds is 11. The minimum absolute atomic E-state index is 0.0856. The molecule has 2 rings (SSSR count). The number of nitrogens with zero attached hydrogens (tertiary/aromatic N) is 2. The molecule has 0 fully saturated rings. The summed E-state index contributed by atoms with van der Waals surface area (Å²) in [6.07, 6.45) is -0.650. The van der Waals surface area contributed by atoms with Crippen molar-refractivity contribution in [3.8, 4) is 11.5 Å². The molecule has 2 aromatic carbocycles. The maximum absolute atomic E-state index is 10.9. The summed E-state index contributed by atoms with van der Waals surface area (Å²) in [5.41, 5.74) is 2.00. The van der Waals surface area contributed by atoms with Crippen molar-refractivity contribution >= 4 is 5.69 Å². The minimum atomic E-state index is -0.650. The van der Waals surface area contributed by atoms with Gasteiger partial charge in [0.1, 0.15) is 37.3 Å². The van der Waals surface area contributed by atoms with E-state index in [1.807, 2.05) is 18.2 Å². The van der Waals surface area contributed by atoms with Crippen molar-refractivity contribution < 1.29 is 24.0 Å². The average Bonchev–Trinajstić information content (AvgIpc) is 2.76. The zero-order valence-electron chi connectivity index (χ0n) is 20.1. The van der Waals surface area contributed by atoms with Gasteiger partial charge in [0.25, 0.3) is 5.69 Å². The molecule has 2 aromatic rings. The highest BCUT2D eigenvalue weighted by molar-refractivity contribution is 5.44. The van der Waals surface area contributed by atoms with Crippen molar-refractivity contribution in [3.63, 3.8) is 0 Å². The largest absolute Gasteiger partial charge is 0.497 e. The zero-order chi connectivity index (χ0) is 23.9. The second-order valence-corrected chi connectivity index (χ2v) is 9.32. The minimum Gasteiger partial charge on any atom is -0.497 e. The number of aliphatic hydroxyl groups is 1. The molecule has 0 aliphatic rings. The van der Waals surface area contributed by atoms with E-state index in [0.717, 1.165) is 35.7 Å². The molecule has 0 aromatic heterocycles. The van der Waals surface area contributed by atoms with Crippen molar-refractivity contribution in [1.82, 2.24) is 0 Å². The van der Waals surface area contributed by atoms with Crippen molar-refractivity contribution in [3.05, 3.63) is 63.7 Å². The van der Waals surface area contributed by atoms with Crippen LogP contribution in [0.3, 0.4) is 0 Å². The van der Waals surface area contributed by atoms with Crippen LogP contribution in [-0.4, -0.2) is 54.0 Å². The lowest BCUT2D eigenvalue weighted by Gasteiger charge is -2.38. The van der Waals surface area contributed by atoms with Crippen LogP contribution in [0, 0.1) is 10.1 Å². The van der Waals surface area contributed by atoms with Crippen LogP contribution in [-0.2, 0) is 12.0 Å². The van der Waals surface area contributed by atoms with Crippen molar-refractivity contribution in [1.29, 1.82) is 0 Å². The van der Waals surface area contributed by atoms with Gasteiger partial charge in [0, 0.05) is 23.3 Å². The van der Waals surface area contributed by atoms with Crippen LogP contribution < -0.4 is 9.47 Å². The highest BCUT2D eigenvalue weighted by Gasteiger charge is 2.29. The van der Waals surface area contributed by atoms with Crippen molar-refractivity contribution in [2.45, 2.75) is 52.7 Å². The Morgan fingerprint density at radius 2 is 1.72 bits per heavy atom. The number of nitro benzene ring substituents is 1. The van der Waals surface area contributed by atoms with Gasteiger partial charge in [0.05, 0.1) is 25.1 Å². The molecule has 7 heteroatoms. The summed E-state index contributed by atoms with van der Waals surface area (Å²) >= 11 is 0. The van der Waals surface area contributed by atoms with E-state index in [-0.39, 0.29) is 17.7 Å². The summed E-state index contributed by atoms with van der Waals surface area (Å²) in [5, 5.41) is 21.8. The molecule has 0 aliphatic heterocycles. The van der Waals surface area contributed by atoms with Crippen LogP contribution in [0.2, 0.25) is 0 Å². The molecule has 7 nitrogen and oxygen atoms in total. The van der Waals surface area contributed by atoms with Gasteiger partial charge in [-0.3, -0.25) is 10.1 Å². The van der Waals surface area contributed by atoms with Gasteiger partial charge in [-0.25, -0.2) is 0 Å². The Morgan fingerprint density at radius 3 is 2.22 bits per heavy atom. The molecule has 176 valence electrons. The van der Waals surface area contributed by atoms with E-state index in [0.29, 0.717) is 17.6 Å². The van der Waals surface area contributed by atoms with Crippen molar-refractivity contribution in [2.75, 3.05) is 33.4 Å². The fraction of sp³-hybridized carbons (Fsp3) is 0.520. The van der Waals surface area contributed by atoms with Crippen molar-refractivity contribution in [2.24, 2.45) is 0 Å². The van der Waals surface area contributed by atoms with E-state index in [2.05, 4.69) is 34.6 Å². The number of benzene rings is 2. The topological polar surface area (TPSA) is 81.8 Å². The summed E-state index contributed by atoms with van der Waals surface area (Å²) in [4.78, 5) is 10.5. The maximum atomic E-state index is 10.9. The predicted molar refractivity (Wildman–Crippen MR) is 126 cm³/mol. The summed E-state index contributed by atoms with van der Waals surface area (Å²) in [6.45, 7) is 13.6. The number of non-ortho nitro benzene ring substituents is 1. The maximum Gasteiger partial charge on any atom is 0.269 e. The molecule has 0 amide bonds. The lowest BCUT2D eigenvalue weighted by molar-refractivity contribution is -0.940. The SMILES string of the molecule is CC[N+](CC)(Cc1ccc([N+](=O)[O-])cc1)C[C@@H](O)COc1ccc(OC)cc1C(C)(C)C. The average molecular weight is 446 g/mol. The molecule has 32 heavy (non-hydrogen) atoms. The Bertz CT molecular complexity index is 886. The van der Waals surface area contributed by atoms with Gasteiger partial charge in [-0.05, 0) is 49.6 Å². The Labute approximate surface area is 191 Å². The Balaban J connectivity index is 2.10. The van der Waals surface area contributed by atoms with E-state index in [1.165, 1.54) is 12.1 Å². The first kappa shape index (κ1) is 25.6. The number of hydrogen-bond donors (Lipinski definition) is 1. The molecule has 0 unspecified atom stereocenters. The van der Waals surface area contributed by atoms with Gasteiger partial charge >= 0.3 is 0 Å². The number of nitro groups is 1. The molecule has 0 saturated carbocycles. The molecule has 0 heterocycles. The van der Waals surface area contributed by atoms with Gasteiger partial charge in [-0.15, -0.1) is 0 Å². The fourth-order valence-corrected chi connectivity index (χ4v) is 3.91. The summed E-state index contributed by atoms with van der Waals surface area (Å²) in [6, 6.07) is 12.4. The first-order valence-corrected chi connectivity index (χ1v) is 11.1. The first-order valence-electron chi connectivity index (χ1n) is 11.1. The van der Waals surface area contributed by atoms with Crippen LogP contribution >= 0.6 is 0 Å². The van der Waals surface area contributed by atoms with E-state index in [9.17, 15) is 15.2 Å². The van der Waals surface area contributed by atoms with E-state index < -0.39 is 11.0 Å². The van der Waals surface area contributed by atoms with Crippen LogP contribution in [0.25, 0.3) is 0 Å². The third-order valence-corrected chi connectivity index (χ3v) is 6.03. The van der Waals surface area contributed by atoms with Crippen LogP contribution in [0.5, 0.6) is 11.5 Å². The van der Waals surface area contributed by atoms with Crippen LogP contribution in [0.1, 0.15) is 45.7 Å². The smallest absolute Gasteiger partial charge is 0.269 e. The number of hydrogen-bond acceptors (Lipinski definition) is 5. The molecule has 0 aliphatic carbocycles. The first-order chi connectivity index (χ1) is 15.0. The zero-order valence-corrected chi connectivity index (χ0v) is 20.1. The van der Waals surface area contributed by atoms with E-state index >= 15 is 0 Å². The second kappa shape index (κ2) is 10.8. The third kappa shape index (κ3) is 6.68. The van der Waals surface area contributed by atoms with Crippen LogP contribution in [0.4, 0.5) is 5.69 Å². The lowest BCUT2D eigenvalue weighted by Crippen LogP contribution is -2.52. The number of aliphatic hydroxyl groups excluding tert-OH is 1. The number of quaternary nitrogens is 1. The molecule has 0 radical (unpaired) electrons. The Morgan fingerprint density at radius 1 is 1.09 bits per heavy atom. The molecule has 1 N–H and O–H groups in total. The summed E-state index contributed by atoms with van der Waals surface area (Å²) < 4.78 is 12.1. The highest BCUT2D eigenvalue weighted by atomic mass is 16.6. The quantitative estimate of drug-likeness (QED) is 0.308. The molecule has 1 atom stereocenters.